The van der Waals surface area contributed by atoms with Gasteiger partial charge >= 0.3 is 0 Å². The molecule has 0 radical (unpaired) electrons. The van der Waals surface area contributed by atoms with E-state index in [4.69, 9.17) is 16.0 Å². The molecular weight excluding hydrogens is 238 g/mol. The van der Waals surface area contributed by atoms with Crippen LogP contribution in [-0.4, -0.2) is 19.1 Å². The van der Waals surface area contributed by atoms with Crippen molar-refractivity contribution in [1.82, 2.24) is 4.98 Å². The molecule has 0 unspecified atom stereocenters. The van der Waals surface area contributed by atoms with Gasteiger partial charge in [0, 0.05) is 20.3 Å². The summed E-state index contributed by atoms with van der Waals surface area (Å²) in [6.45, 7) is 0.583. The standard InChI is InChI=1S/C12H14ClN3O/c1-16(2)11-5-6-14-8-10(11)15-7-9-3-4-12(13)17-9/h3-6,8,15H,7H2,1-2H3. The molecule has 5 heteroatoms. The zero-order chi connectivity index (χ0) is 12.3. The average molecular weight is 252 g/mol. The number of nitrogens with one attached hydrogen (secondary N) is 1. The summed E-state index contributed by atoms with van der Waals surface area (Å²) in [5.41, 5.74) is 2.04. The van der Waals surface area contributed by atoms with Gasteiger partial charge in [0.2, 0.25) is 0 Å². The molecule has 1 N–H and O–H groups in total. The quantitative estimate of drug-likeness (QED) is 0.907. The minimum atomic E-state index is 0.404. The molecule has 0 saturated heterocycles. The molecule has 0 aliphatic carbocycles. The summed E-state index contributed by atoms with van der Waals surface area (Å²) < 4.78 is 5.27. The maximum absolute atomic E-state index is 5.71. The minimum Gasteiger partial charge on any atom is -0.448 e. The number of aromatic nitrogens is 1. The first kappa shape index (κ1) is 11.8. The Kier molecular flexibility index (Phi) is 3.54. The summed E-state index contributed by atoms with van der Waals surface area (Å²) >= 11 is 5.71. The van der Waals surface area contributed by atoms with Crippen LogP contribution in [-0.2, 0) is 6.54 Å². The van der Waals surface area contributed by atoms with Crippen LogP contribution in [0.25, 0.3) is 0 Å². The van der Waals surface area contributed by atoms with Crippen molar-refractivity contribution in [2.24, 2.45) is 0 Å². The first-order valence-electron chi connectivity index (χ1n) is 5.26. The lowest BCUT2D eigenvalue weighted by Crippen LogP contribution is -2.12. The van der Waals surface area contributed by atoms with Gasteiger partial charge in [0.25, 0.3) is 0 Å². The summed E-state index contributed by atoms with van der Waals surface area (Å²) in [5.74, 6) is 0.795. The molecule has 0 amide bonds. The molecule has 90 valence electrons. The second kappa shape index (κ2) is 5.10. The molecule has 0 aromatic carbocycles. The zero-order valence-electron chi connectivity index (χ0n) is 9.77. The average Bonchev–Trinajstić information content (AvgIpc) is 2.73. The third-order valence-corrected chi connectivity index (χ3v) is 2.56. The molecule has 17 heavy (non-hydrogen) atoms. The van der Waals surface area contributed by atoms with Gasteiger partial charge in [-0.05, 0) is 29.8 Å². The smallest absolute Gasteiger partial charge is 0.193 e. The van der Waals surface area contributed by atoms with Crippen LogP contribution in [0.4, 0.5) is 11.4 Å². The van der Waals surface area contributed by atoms with Gasteiger partial charge in [0.15, 0.2) is 5.22 Å². The second-order valence-corrected chi connectivity index (χ2v) is 4.22. The first-order valence-corrected chi connectivity index (χ1v) is 5.64. The summed E-state index contributed by atoms with van der Waals surface area (Å²) in [5, 5.41) is 3.67. The zero-order valence-corrected chi connectivity index (χ0v) is 10.5. The van der Waals surface area contributed by atoms with Crippen LogP contribution >= 0.6 is 11.6 Å². The number of rotatable bonds is 4. The molecule has 0 aliphatic heterocycles. The van der Waals surface area contributed by atoms with Gasteiger partial charge in [0.1, 0.15) is 5.76 Å². The van der Waals surface area contributed by atoms with E-state index in [0.29, 0.717) is 11.8 Å². The van der Waals surface area contributed by atoms with Gasteiger partial charge in [-0.15, -0.1) is 0 Å². The van der Waals surface area contributed by atoms with E-state index in [1.54, 1.807) is 18.5 Å². The summed E-state index contributed by atoms with van der Waals surface area (Å²) in [6.07, 6.45) is 3.56. The Bertz CT molecular complexity index is 496. The molecule has 0 saturated carbocycles. The van der Waals surface area contributed by atoms with Crippen molar-refractivity contribution < 1.29 is 4.42 Å². The summed E-state index contributed by atoms with van der Waals surface area (Å²) in [7, 11) is 3.98. The number of anilines is 2. The number of halogens is 1. The normalized spacial score (nSPS) is 10.3. The monoisotopic (exact) mass is 251 g/mol. The van der Waals surface area contributed by atoms with E-state index in [1.807, 2.05) is 31.1 Å². The van der Waals surface area contributed by atoms with E-state index in [9.17, 15) is 0 Å². The number of furan rings is 1. The molecular formula is C12H14ClN3O. The fraction of sp³-hybridized carbons (Fsp3) is 0.250. The number of hydrogen-bond donors (Lipinski definition) is 1. The molecule has 2 rings (SSSR count). The Balaban J connectivity index is 2.08. The lowest BCUT2D eigenvalue weighted by atomic mass is 10.3. The van der Waals surface area contributed by atoms with Gasteiger partial charge in [0.05, 0.1) is 24.1 Å². The summed E-state index contributed by atoms with van der Waals surface area (Å²) in [6, 6.07) is 5.53. The Labute approximate surface area is 105 Å². The predicted octanol–water partition coefficient (Wildman–Crippen LogP) is 3.01. The molecule has 4 nitrogen and oxygen atoms in total. The van der Waals surface area contributed by atoms with Crippen LogP contribution in [0, 0.1) is 0 Å². The molecule has 0 aliphatic rings. The highest BCUT2D eigenvalue weighted by Gasteiger charge is 2.05. The van der Waals surface area contributed by atoms with Crippen LogP contribution in [0.3, 0.4) is 0 Å². The van der Waals surface area contributed by atoms with Gasteiger partial charge in [-0.1, -0.05) is 0 Å². The van der Waals surface area contributed by atoms with E-state index in [2.05, 4.69) is 10.3 Å². The van der Waals surface area contributed by atoms with Crippen molar-refractivity contribution >= 4 is 23.0 Å². The van der Waals surface area contributed by atoms with Crippen LogP contribution in [0.15, 0.2) is 35.0 Å². The number of pyridine rings is 1. The molecule has 0 atom stereocenters. The van der Waals surface area contributed by atoms with Crippen molar-refractivity contribution in [2.45, 2.75) is 6.54 Å². The fourth-order valence-corrected chi connectivity index (χ4v) is 1.70. The Morgan fingerprint density at radius 1 is 1.35 bits per heavy atom. The van der Waals surface area contributed by atoms with E-state index >= 15 is 0 Å². The first-order chi connectivity index (χ1) is 8.16. The van der Waals surface area contributed by atoms with E-state index in [-0.39, 0.29) is 0 Å². The number of hydrogen-bond acceptors (Lipinski definition) is 4. The highest BCUT2D eigenvalue weighted by atomic mass is 35.5. The summed E-state index contributed by atoms with van der Waals surface area (Å²) in [4.78, 5) is 6.13. The van der Waals surface area contributed by atoms with Crippen molar-refractivity contribution in [3.05, 3.63) is 41.6 Å². The molecule has 0 spiro atoms. The van der Waals surface area contributed by atoms with E-state index in [0.717, 1.165) is 17.1 Å². The van der Waals surface area contributed by atoms with Gasteiger partial charge in [-0.2, -0.15) is 0 Å². The van der Waals surface area contributed by atoms with Crippen molar-refractivity contribution in [3.8, 4) is 0 Å². The van der Waals surface area contributed by atoms with Crippen molar-refractivity contribution in [3.63, 3.8) is 0 Å². The van der Waals surface area contributed by atoms with Gasteiger partial charge in [-0.3, -0.25) is 4.98 Å². The van der Waals surface area contributed by atoms with Crippen LogP contribution < -0.4 is 10.2 Å². The largest absolute Gasteiger partial charge is 0.448 e. The topological polar surface area (TPSA) is 41.3 Å². The van der Waals surface area contributed by atoms with Crippen molar-refractivity contribution in [1.29, 1.82) is 0 Å². The third-order valence-electron chi connectivity index (χ3n) is 2.36. The highest BCUT2D eigenvalue weighted by molar-refractivity contribution is 6.28. The van der Waals surface area contributed by atoms with Crippen LogP contribution in [0.5, 0.6) is 0 Å². The van der Waals surface area contributed by atoms with E-state index < -0.39 is 0 Å². The van der Waals surface area contributed by atoms with E-state index in [1.165, 1.54) is 0 Å². The Hall–Kier alpha value is -1.68. The van der Waals surface area contributed by atoms with Crippen LogP contribution in [0.2, 0.25) is 5.22 Å². The van der Waals surface area contributed by atoms with Crippen molar-refractivity contribution in [2.75, 3.05) is 24.3 Å². The maximum atomic E-state index is 5.71. The SMILES string of the molecule is CN(C)c1ccncc1NCc1ccc(Cl)o1. The maximum Gasteiger partial charge on any atom is 0.193 e. The predicted molar refractivity (Wildman–Crippen MR) is 69.6 cm³/mol. The molecule has 2 heterocycles. The second-order valence-electron chi connectivity index (χ2n) is 3.85. The Morgan fingerprint density at radius 2 is 2.18 bits per heavy atom. The molecule has 2 aromatic rings. The molecule has 0 fully saturated rings. The van der Waals surface area contributed by atoms with Gasteiger partial charge < -0.3 is 14.6 Å². The minimum absolute atomic E-state index is 0.404. The highest BCUT2D eigenvalue weighted by Crippen LogP contribution is 2.23. The fourth-order valence-electron chi connectivity index (χ4n) is 1.54. The lowest BCUT2D eigenvalue weighted by molar-refractivity contribution is 0.520. The third kappa shape index (κ3) is 2.91. The lowest BCUT2D eigenvalue weighted by Gasteiger charge is -2.17. The van der Waals surface area contributed by atoms with Crippen LogP contribution in [0.1, 0.15) is 5.76 Å². The number of nitrogens with zero attached hydrogens (tertiary/aromatic N) is 2. The van der Waals surface area contributed by atoms with Gasteiger partial charge in [-0.25, -0.2) is 0 Å². The Morgan fingerprint density at radius 3 is 2.82 bits per heavy atom. The molecule has 2 aromatic heterocycles. The molecule has 0 bridgehead atoms.